The van der Waals surface area contributed by atoms with Gasteiger partial charge in [-0.2, -0.15) is 0 Å². The Labute approximate surface area is 86.8 Å². The maximum atomic E-state index is 3.94. The van der Waals surface area contributed by atoms with Crippen LogP contribution in [0.15, 0.2) is 0 Å². The molecule has 0 atom stereocenters. The molecular formula is C12H22N2. The fourth-order valence-electron chi connectivity index (χ4n) is 2.83. The van der Waals surface area contributed by atoms with Crippen LogP contribution in [-0.4, -0.2) is 25.2 Å². The first-order valence-electron chi connectivity index (χ1n) is 6.40. The van der Waals surface area contributed by atoms with E-state index in [0.717, 1.165) is 23.9 Å². The van der Waals surface area contributed by atoms with Crippen LogP contribution in [0.3, 0.4) is 0 Å². The molecule has 2 nitrogen and oxygen atoms in total. The predicted molar refractivity (Wildman–Crippen MR) is 58.3 cm³/mol. The van der Waals surface area contributed by atoms with Crippen LogP contribution in [0.4, 0.5) is 0 Å². The molecule has 0 aromatic rings. The van der Waals surface area contributed by atoms with Crippen LogP contribution >= 0.6 is 0 Å². The van der Waals surface area contributed by atoms with Gasteiger partial charge in [-0.25, -0.2) is 0 Å². The van der Waals surface area contributed by atoms with E-state index in [1.54, 1.807) is 0 Å². The zero-order valence-corrected chi connectivity index (χ0v) is 8.97. The van der Waals surface area contributed by atoms with Gasteiger partial charge in [-0.15, -0.1) is 0 Å². The van der Waals surface area contributed by atoms with Crippen molar-refractivity contribution in [2.24, 2.45) is 11.8 Å². The first kappa shape index (κ1) is 9.17. The van der Waals surface area contributed by atoms with Crippen molar-refractivity contribution in [1.82, 2.24) is 10.6 Å². The van der Waals surface area contributed by atoms with Gasteiger partial charge in [-0.1, -0.05) is 0 Å². The lowest BCUT2D eigenvalue weighted by Crippen LogP contribution is -2.46. The molecule has 80 valence electrons. The summed E-state index contributed by atoms with van der Waals surface area (Å²) in [6, 6.07) is 1.72. The van der Waals surface area contributed by atoms with Crippen LogP contribution in [0, 0.1) is 11.8 Å². The molecular weight excluding hydrogens is 172 g/mol. The second-order valence-electron chi connectivity index (χ2n) is 5.39. The van der Waals surface area contributed by atoms with Gasteiger partial charge in [-0.3, -0.25) is 0 Å². The Hall–Kier alpha value is -0.0800. The van der Waals surface area contributed by atoms with Crippen LogP contribution in [0.2, 0.25) is 0 Å². The van der Waals surface area contributed by atoms with E-state index in [0.29, 0.717) is 0 Å². The Bertz CT molecular complexity index is 178. The van der Waals surface area contributed by atoms with Gasteiger partial charge in [0.25, 0.3) is 0 Å². The van der Waals surface area contributed by atoms with Crippen molar-refractivity contribution >= 4 is 0 Å². The molecule has 2 aliphatic carbocycles. The van der Waals surface area contributed by atoms with Crippen molar-refractivity contribution in [2.45, 2.75) is 50.6 Å². The summed E-state index contributed by atoms with van der Waals surface area (Å²) in [7, 11) is 0. The highest BCUT2D eigenvalue weighted by Gasteiger charge is 2.42. The smallest absolute Gasteiger partial charge is 0.0126 e. The van der Waals surface area contributed by atoms with Gasteiger partial charge >= 0.3 is 0 Å². The van der Waals surface area contributed by atoms with Crippen LogP contribution in [-0.2, 0) is 0 Å². The normalized spacial score (nSPS) is 29.8. The molecule has 2 heteroatoms. The Kier molecular flexibility index (Phi) is 2.50. The molecule has 2 saturated carbocycles. The van der Waals surface area contributed by atoms with Gasteiger partial charge in [0, 0.05) is 12.1 Å². The summed E-state index contributed by atoms with van der Waals surface area (Å²) >= 11 is 0. The van der Waals surface area contributed by atoms with Gasteiger partial charge in [0.2, 0.25) is 0 Å². The second-order valence-corrected chi connectivity index (χ2v) is 5.39. The molecule has 0 amide bonds. The quantitative estimate of drug-likeness (QED) is 0.709. The Morgan fingerprint density at radius 3 is 1.93 bits per heavy atom. The Balaban J connectivity index is 1.52. The van der Waals surface area contributed by atoms with Crippen LogP contribution in [0.25, 0.3) is 0 Å². The molecule has 1 saturated heterocycles. The Morgan fingerprint density at radius 1 is 0.857 bits per heavy atom. The molecule has 1 aliphatic heterocycles. The lowest BCUT2D eigenvalue weighted by atomic mass is 10.0. The molecule has 3 rings (SSSR count). The van der Waals surface area contributed by atoms with Crippen LogP contribution in [0.1, 0.15) is 38.5 Å². The van der Waals surface area contributed by atoms with E-state index < -0.39 is 0 Å². The third kappa shape index (κ3) is 2.12. The monoisotopic (exact) mass is 194 g/mol. The predicted octanol–water partition coefficient (Wildman–Crippen LogP) is 1.52. The minimum Gasteiger partial charge on any atom is -0.317 e. The maximum absolute atomic E-state index is 3.94. The largest absolute Gasteiger partial charge is 0.317 e. The Morgan fingerprint density at radius 2 is 1.43 bits per heavy atom. The van der Waals surface area contributed by atoms with Crippen molar-refractivity contribution in [3.05, 3.63) is 0 Å². The highest BCUT2D eigenvalue weighted by Crippen LogP contribution is 2.44. The van der Waals surface area contributed by atoms with Gasteiger partial charge in [-0.05, 0) is 63.5 Å². The molecule has 14 heavy (non-hydrogen) atoms. The average molecular weight is 194 g/mol. The summed E-state index contributed by atoms with van der Waals surface area (Å²) in [6.07, 6.45) is 8.68. The van der Waals surface area contributed by atoms with Crippen molar-refractivity contribution in [3.8, 4) is 0 Å². The molecule has 1 heterocycles. The standard InChI is InChI=1S/C12H22N2/c1-2-9(1)12(10-3-4-10)14-11-5-7-13-8-6-11/h9-14H,1-8H2. The average Bonchev–Trinajstić information content (AvgIpc) is 3.08. The SMILES string of the molecule is C1CC(NC(C2CC2)C2CC2)CCN1. The summed E-state index contributed by atoms with van der Waals surface area (Å²) in [4.78, 5) is 0. The molecule has 0 bridgehead atoms. The van der Waals surface area contributed by atoms with E-state index >= 15 is 0 Å². The first-order valence-corrected chi connectivity index (χ1v) is 6.40. The van der Waals surface area contributed by atoms with Crippen LogP contribution < -0.4 is 10.6 Å². The molecule has 0 spiro atoms. The van der Waals surface area contributed by atoms with Gasteiger partial charge in [0.05, 0.1) is 0 Å². The summed E-state index contributed by atoms with van der Waals surface area (Å²) in [5.74, 6) is 2.11. The summed E-state index contributed by atoms with van der Waals surface area (Å²) in [5, 5.41) is 7.38. The van der Waals surface area contributed by atoms with Crippen molar-refractivity contribution in [3.63, 3.8) is 0 Å². The third-order valence-corrected chi connectivity index (χ3v) is 4.03. The van der Waals surface area contributed by atoms with Gasteiger partial charge < -0.3 is 10.6 Å². The molecule has 0 aromatic heterocycles. The fraction of sp³-hybridized carbons (Fsp3) is 1.00. The van der Waals surface area contributed by atoms with Crippen LogP contribution in [0.5, 0.6) is 0 Å². The number of hydrogen-bond donors (Lipinski definition) is 2. The zero-order chi connectivity index (χ0) is 9.38. The molecule has 0 radical (unpaired) electrons. The summed E-state index contributed by atoms with van der Waals surface area (Å²) in [6.45, 7) is 2.44. The minimum absolute atomic E-state index is 0.822. The lowest BCUT2D eigenvalue weighted by molar-refractivity contribution is 0.310. The molecule has 2 N–H and O–H groups in total. The highest BCUT2D eigenvalue weighted by atomic mass is 15.0. The zero-order valence-electron chi connectivity index (χ0n) is 8.97. The van der Waals surface area contributed by atoms with E-state index in [-0.39, 0.29) is 0 Å². The van der Waals surface area contributed by atoms with E-state index in [1.165, 1.54) is 51.6 Å². The summed E-state index contributed by atoms with van der Waals surface area (Å²) in [5.41, 5.74) is 0. The van der Waals surface area contributed by atoms with Crippen molar-refractivity contribution in [1.29, 1.82) is 0 Å². The lowest BCUT2D eigenvalue weighted by Gasteiger charge is -2.29. The molecule has 3 fully saturated rings. The first-order chi connectivity index (χ1) is 6.93. The highest BCUT2D eigenvalue weighted by molar-refractivity contribution is 4.97. The maximum Gasteiger partial charge on any atom is 0.0126 e. The number of nitrogens with one attached hydrogen (secondary N) is 2. The van der Waals surface area contributed by atoms with E-state index in [1.807, 2.05) is 0 Å². The van der Waals surface area contributed by atoms with Crippen molar-refractivity contribution in [2.75, 3.05) is 13.1 Å². The molecule has 3 aliphatic rings. The van der Waals surface area contributed by atoms with E-state index in [9.17, 15) is 0 Å². The van der Waals surface area contributed by atoms with Crippen molar-refractivity contribution < 1.29 is 0 Å². The van der Waals surface area contributed by atoms with Gasteiger partial charge in [0.15, 0.2) is 0 Å². The minimum atomic E-state index is 0.822. The topological polar surface area (TPSA) is 24.1 Å². The summed E-state index contributed by atoms with van der Waals surface area (Å²) < 4.78 is 0. The number of rotatable bonds is 4. The number of piperidine rings is 1. The molecule has 0 unspecified atom stereocenters. The van der Waals surface area contributed by atoms with Gasteiger partial charge in [0.1, 0.15) is 0 Å². The van der Waals surface area contributed by atoms with E-state index in [4.69, 9.17) is 0 Å². The molecule has 0 aromatic carbocycles. The fourth-order valence-corrected chi connectivity index (χ4v) is 2.83. The second kappa shape index (κ2) is 3.82. The number of hydrogen-bond acceptors (Lipinski definition) is 2. The van der Waals surface area contributed by atoms with E-state index in [2.05, 4.69) is 10.6 Å². The third-order valence-electron chi connectivity index (χ3n) is 4.03.